The number of hydrogen-bond donors (Lipinski definition) is 1. The Morgan fingerprint density at radius 1 is 1.56 bits per heavy atom. The van der Waals surface area contributed by atoms with Gasteiger partial charge in [0.05, 0.1) is 4.83 Å². The van der Waals surface area contributed by atoms with Gasteiger partial charge in [-0.2, -0.15) is 0 Å². The molecule has 1 N–H and O–H groups in total. The summed E-state index contributed by atoms with van der Waals surface area (Å²) in [5.41, 5.74) is 0. The molecule has 0 aliphatic carbocycles. The van der Waals surface area contributed by atoms with E-state index in [4.69, 9.17) is 0 Å². The van der Waals surface area contributed by atoms with Gasteiger partial charge in [0.15, 0.2) is 0 Å². The van der Waals surface area contributed by atoms with Crippen molar-refractivity contribution in [3.05, 3.63) is 0 Å². The lowest BCUT2D eigenvalue weighted by Crippen LogP contribution is -2.50. The van der Waals surface area contributed by atoms with E-state index in [9.17, 15) is 9.59 Å². The number of hydrogen-bond acceptors (Lipinski definition) is 2. The van der Waals surface area contributed by atoms with Crippen LogP contribution in [0.15, 0.2) is 0 Å². The number of alkyl halides is 1. The molecule has 1 heterocycles. The Balaban J connectivity index is 2.49. The Labute approximate surface area is 105 Å². The van der Waals surface area contributed by atoms with Gasteiger partial charge in [-0.05, 0) is 19.3 Å². The van der Waals surface area contributed by atoms with Crippen LogP contribution in [-0.4, -0.2) is 40.7 Å². The second kappa shape index (κ2) is 6.23. The summed E-state index contributed by atoms with van der Waals surface area (Å²) in [6.45, 7) is 4.93. The van der Waals surface area contributed by atoms with Crippen molar-refractivity contribution in [1.29, 1.82) is 0 Å². The summed E-state index contributed by atoms with van der Waals surface area (Å²) < 4.78 is 0. The minimum absolute atomic E-state index is 0.0230. The minimum Gasteiger partial charge on any atom is -0.352 e. The minimum atomic E-state index is -0.0939. The highest BCUT2D eigenvalue weighted by molar-refractivity contribution is 9.10. The van der Waals surface area contributed by atoms with Crippen molar-refractivity contribution in [3.63, 3.8) is 0 Å². The lowest BCUT2D eigenvalue weighted by Gasteiger charge is -2.34. The number of nitrogens with zero attached hydrogens (tertiary/aromatic N) is 1. The van der Waals surface area contributed by atoms with E-state index in [0.29, 0.717) is 6.54 Å². The molecule has 0 bridgehead atoms. The van der Waals surface area contributed by atoms with Gasteiger partial charge in [0.2, 0.25) is 11.8 Å². The monoisotopic (exact) mass is 290 g/mol. The maximum absolute atomic E-state index is 11.9. The van der Waals surface area contributed by atoms with Gasteiger partial charge in [-0.15, -0.1) is 0 Å². The molecular weight excluding hydrogens is 272 g/mol. The first kappa shape index (κ1) is 13.5. The normalized spacial score (nSPS) is 22.7. The Bertz CT molecular complexity index is 271. The van der Waals surface area contributed by atoms with Crippen molar-refractivity contribution in [2.24, 2.45) is 0 Å². The van der Waals surface area contributed by atoms with Gasteiger partial charge in [0.25, 0.3) is 0 Å². The number of carbonyl (C=O) groups is 2. The van der Waals surface area contributed by atoms with Crippen LogP contribution in [0.4, 0.5) is 0 Å². The number of rotatable bonds is 3. The molecule has 92 valence electrons. The Morgan fingerprint density at radius 3 is 2.81 bits per heavy atom. The predicted octanol–water partition coefficient (Wildman–Crippen LogP) is 1.29. The molecule has 0 saturated carbocycles. The van der Waals surface area contributed by atoms with Crippen LogP contribution in [0.5, 0.6) is 0 Å². The zero-order valence-corrected chi connectivity index (χ0v) is 11.4. The molecule has 0 aromatic rings. The second-order valence-electron chi connectivity index (χ2n) is 4.20. The molecule has 4 nitrogen and oxygen atoms in total. The highest BCUT2D eigenvalue weighted by Gasteiger charge is 2.26. The van der Waals surface area contributed by atoms with Crippen molar-refractivity contribution in [3.8, 4) is 0 Å². The molecule has 5 heteroatoms. The summed E-state index contributed by atoms with van der Waals surface area (Å²) in [5.74, 6) is 0.114. The van der Waals surface area contributed by atoms with Crippen LogP contribution in [0.25, 0.3) is 0 Å². The molecule has 1 saturated heterocycles. The molecule has 0 radical (unpaired) electrons. The summed E-state index contributed by atoms with van der Waals surface area (Å²) in [6, 6.07) is 0.117. The van der Waals surface area contributed by atoms with Gasteiger partial charge in [0, 0.05) is 26.1 Å². The number of halogens is 1. The van der Waals surface area contributed by atoms with Crippen LogP contribution in [0.3, 0.4) is 0 Å². The fourth-order valence-electron chi connectivity index (χ4n) is 1.96. The van der Waals surface area contributed by atoms with Gasteiger partial charge in [0.1, 0.15) is 0 Å². The Hall–Kier alpha value is -0.580. The largest absolute Gasteiger partial charge is 0.352 e. The number of nitrogens with one attached hydrogen (secondary N) is 1. The van der Waals surface area contributed by atoms with E-state index in [2.05, 4.69) is 21.2 Å². The van der Waals surface area contributed by atoms with Gasteiger partial charge in [-0.3, -0.25) is 9.59 Å². The number of piperidine rings is 1. The average Bonchev–Trinajstić information content (AvgIpc) is 2.26. The maximum Gasteiger partial charge on any atom is 0.236 e. The molecule has 2 unspecified atom stereocenters. The highest BCUT2D eigenvalue weighted by atomic mass is 79.9. The van der Waals surface area contributed by atoms with Crippen molar-refractivity contribution in [2.45, 2.75) is 44.0 Å². The summed E-state index contributed by atoms with van der Waals surface area (Å²) in [5, 5.41) is 2.88. The van der Waals surface area contributed by atoms with Crippen molar-refractivity contribution in [1.82, 2.24) is 10.2 Å². The first-order valence-electron chi connectivity index (χ1n) is 5.74. The zero-order chi connectivity index (χ0) is 12.1. The van der Waals surface area contributed by atoms with Crippen LogP contribution in [0, 0.1) is 0 Å². The predicted molar refractivity (Wildman–Crippen MR) is 66.4 cm³/mol. The third kappa shape index (κ3) is 3.77. The molecule has 0 spiro atoms. The smallest absolute Gasteiger partial charge is 0.236 e. The molecule has 1 aliphatic heterocycles. The number of likely N-dealkylation sites (tertiary alicyclic amines) is 1. The third-order valence-corrected chi connectivity index (χ3v) is 3.81. The first-order chi connectivity index (χ1) is 7.54. The van der Waals surface area contributed by atoms with Gasteiger partial charge in [-0.1, -0.05) is 22.9 Å². The fraction of sp³-hybridized carbons (Fsp3) is 0.818. The lowest BCUT2D eigenvalue weighted by atomic mass is 10.1. The standard InChI is InChI=1S/C11H19BrN2O2/c1-3-10(12)11(16)14-6-4-5-9(7-14)13-8(2)15/h9-10H,3-7H2,1-2H3,(H,13,15). The van der Waals surface area contributed by atoms with E-state index >= 15 is 0 Å². The third-order valence-electron chi connectivity index (χ3n) is 2.77. The summed E-state index contributed by atoms with van der Waals surface area (Å²) >= 11 is 3.37. The van der Waals surface area contributed by atoms with Gasteiger partial charge >= 0.3 is 0 Å². The average molecular weight is 291 g/mol. The van der Waals surface area contributed by atoms with E-state index in [0.717, 1.165) is 25.8 Å². The van der Waals surface area contributed by atoms with E-state index in [1.54, 1.807) is 0 Å². The molecule has 0 aromatic heterocycles. The molecule has 1 aliphatic rings. The number of amides is 2. The molecular formula is C11H19BrN2O2. The fourth-order valence-corrected chi connectivity index (χ4v) is 2.24. The second-order valence-corrected chi connectivity index (χ2v) is 5.31. The molecule has 2 amide bonds. The van der Waals surface area contributed by atoms with Crippen LogP contribution in [0.2, 0.25) is 0 Å². The summed E-state index contributed by atoms with van der Waals surface area (Å²) in [7, 11) is 0. The molecule has 0 aromatic carbocycles. The topological polar surface area (TPSA) is 49.4 Å². The van der Waals surface area contributed by atoms with Crippen LogP contribution < -0.4 is 5.32 Å². The Kier molecular flexibility index (Phi) is 5.25. The zero-order valence-electron chi connectivity index (χ0n) is 9.83. The van der Waals surface area contributed by atoms with Crippen molar-refractivity contribution >= 4 is 27.7 Å². The van der Waals surface area contributed by atoms with Crippen molar-refractivity contribution < 1.29 is 9.59 Å². The van der Waals surface area contributed by atoms with Crippen LogP contribution in [-0.2, 0) is 9.59 Å². The summed E-state index contributed by atoms with van der Waals surface area (Å²) in [6.07, 6.45) is 2.71. The number of carbonyl (C=O) groups excluding carboxylic acids is 2. The summed E-state index contributed by atoms with van der Waals surface area (Å²) in [4.78, 5) is 24.6. The van der Waals surface area contributed by atoms with E-state index in [-0.39, 0.29) is 22.7 Å². The SMILES string of the molecule is CCC(Br)C(=O)N1CCCC(NC(C)=O)C1. The van der Waals surface area contributed by atoms with Gasteiger partial charge < -0.3 is 10.2 Å². The molecule has 1 rings (SSSR count). The highest BCUT2D eigenvalue weighted by Crippen LogP contribution is 2.15. The quantitative estimate of drug-likeness (QED) is 0.797. The molecule has 2 atom stereocenters. The Morgan fingerprint density at radius 2 is 2.25 bits per heavy atom. The van der Waals surface area contributed by atoms with E-state index < -0.39 is 0 Å². The first-order valence-corrected chi connectivity index (χ1v) is 6.66. The maximum atomic E-state index is 11.9. The van der Waals surface area contributed by atoms with Gasteiger partial charge in [-0.25, -0.2) is 0 Å². The van der Waals surface area contributed by atoms with Crippen LogP contribution >= 0.6 is 15.9 Å². The molecule has 16 heavy (non-hydrogen) atoms. The van der Waals surface area contributed by atoms with Crippen molar-refractivity contribution in [2.75, 3.05) is 13.1 Å². The van der Waals surface area contributed by atoms with E-state index in [1.807, 2.05) is 11.8 Å². The van der Waals surface area contributed by atoms with Crippen LogP contribution in [0.1, 0.15) is 33.1 Å². The van der Waals surface area contributed by atoms with E-state index in [1.165, 1.54) is 6.92 Å². The lowest BCUT2D eigenvalue weighted by molar-refractivity contribution is -0.132. The molecule has 1 fully saturated rings.